The Hall–Kier alpha value is -1.31. The number of hydrogen-bond donors (Lipinski definition) is 0. The van der Waals surface area contributed by atoms with Crippen molar-refractivity contribution in [2.75, 3.05) is 18.0 Å². The average molecular weight is 189 g/mol. The van der Waals surface area contributed by atoms with Gasteiger partial charge < -0.3 is 9.69 Å². The van der Waals surface area contributed by atoms with Gasteiger partial charge in [-0.15, -0.1) is 0 Å². The Morgan fingerprint density at radius 3 is 3.00 bits per heavy atom. The third-order valence-corrected chi connectivity index (χ3v) is 2.92. The molecule has 0 saturated heterocycles. The SMILES string of the molecule is CCN1CC(CC=O)c2ccccc21. The van der Waals surface area contributed by atoms with Crippen LogP contribution in [0.25, 0.3) is 0 Å². The van der Waals surface area contributed by atoms with Gasteiger partial charge in [0, 0.05) is 31.1 Å². The number of benzene rings is 1. The highest BCUT2D eigenvalue weighted by Gasteiger charge is 2.26. The van der Waals surface area contributed by atoms with Gasteiger partial charge in [0.15, 0.2) is 0 Å². The monoisotopic (exact) mass is 189 g/mol. The zero-order valence-corrected chi connectivity index (χ0v) is 8.44. The normalized spacial score (nSPS) is 19.5. The van der Waals surface area contributed by atoms with Gasteiger partial charge in [-0.2, -0.15) is 0 Å². The van der Waals surface area contributed by atoms with Crippen molar-refractivity contribution in [2.24, 2.45) is 0 Å². The molecule has 14 heavy (non-hydrogen) atoms. The van der Waals surface area contributed by atoms with E-state index in [4.69, 9.17) is 0 Å². The summed E-state index contributed by atoms with van der Waals surface area (Å²) >= 11 is 0. The first kappa shape index (κ1) is 9.25. The van der Waals surface area contributed by atoms with Crippen LogP contribution in [0.3, 0.4) is 0 Å². The highest BCUT2D eigenvalue weighted by atomic mass is 16.1. The van der Waals surface area contributed by atoms with Crippen molar-refractivity contribution >= 4 is 12.0 Å². The molecule has 74 valence electrons. The van der Waals surface area contributed by atoms with E-state index >= 15 is 0 Å². The van der Waals surface area contributed by atoms with Gasteiger partial charge in [-0.3, -0.25) is 0 Å². The molecule has 1 atom stereocenters. The van der Waals surface area contributed by atoms with Crippen LogP contribution in [0.4, 0.5) is 5.69 Å². The van der Waals surface area contributed by atoms with E-state index in [9.17, 15) is 4.79 Å². The fourth-order valence-corrected chi connectivity index (χ4v) is 2.20. The summed E-state index contributed by atoms with van der Waals surface area (Å²) in [6, 6.07) is 8.39. The molecule has 0 radical (unpaired) electrons. The van der Waals surface area contributed by atoms with E-state index in [1.165, 1.54) is 11.3 Å². The molecular weight excluding hydrogens is 174 g/mol. The molecule has 0 aliphatic carbocycles. The number of carbonyl (C=O) groups is 1. The van der Waals surface area contributed by atoms with Crippen molar-refractivity contribution < 1.29 is 4.79 Å². The number of likely N-dealkylation sites (N-methyl/N-ethyl adjacent to an activating group) is 1. The highest BCUT2D eigenvalue weighted by molar-refractivity contribution is 5.63. The van der Waals surface area contributed by atoms with Crippen molar-refractivity contribution in [3.8, 4) is 0 Å². The zero-order valence-electron chi connectivity index (χ0n) is 8.44. The molecule has 2 heteroatoms. The second kappa shape index (κ2) is 3.82. The number of hydrogen-bond acceptors (Lipinski definition) is 2. The number of para-hydroxylation sites is 1. The Morgan fingerprint density at radius 1 is 1.50 bits per heavy atom. The molecule has 0 saturated carbocycles. The maximum Gasteiger partial charge on any atom is 0.120 e. The Labute approximate surface area is 84.5 Å². The highest BCUT2D eigenvalue weighted by Crippen LogP contribution is 2.36. The summed E-state index contributed by atoms with van der Waals surface area (Å²) in [5.74, 6) is 0.406. The van der Waals surface area contributed by atoms with Crippen LogP contribution in [0.5, 0.6) is 0 Å². The lowest BCUT2D eigenvalue weighted by molar-refractivity contribution is -0.108. The minimum atomic E-state index is 0.406. The average Bonchev–Trinajstić information content (AvgIpc) is 2.58. The number of carbonyl (C=O) groups excluding carboxylic acids is 1. The van der Waals surface area contributed by atoms with Crippen LogP contribution in [-0.2, 0) is 4.79 Å². The fourth-order valence-electron chi connectivity index (χ4n) is 2.20. The third kappa shape index (κ3) is 1.41. The van der Waals surface area contributed by atoms with Crippen LogP contribution in [0.1, 0.15) is 24.8 Å². The molecule has 2 rings (SSSR count). The van der Waals surface area contributed by atoms with E-state index < -0.39 is 0 Å². The molecule has 1 aliphatic heterocycles. The van der Waals surface area contributed by atoms with Crippen molar-refractivity contribution in [1.29, 1.82) is 0 Å². The molecule has 0 aromatic heterocycles. The molecule has 1 heterocycles. The first-order chi connectivity index (χ1) is 6.86. The van der Waals surface area contributed by atoms with Gasteiger partial charge in [0.1, 0.15) is 6.29 Å². The van der Waals surface area contributed by atoms with E-state index in [1.54, 1.807) is 0 Å². The third-order valence-electron chi connectivity index (χ3n) is 2.92. The quantitative estimate of drug-likeness (QED) is 0.679. The van der Waals surface area contributed by atoms with E-state index in [0.29, 0.717) is 12.3 Å². The lowest BCUT2D eigenvalue weighted by Gasteiger charge is -2.16. The standard InChI is InChI=1S/C12H15NO/c1-2-13-9-10(7-8-14)11-5-3-4-6-12(11)13/h3-6,8,10H,2,7,9H2,1H3. The predicted molar refractivity (Wildman–Crippen MR) is 57.8 cm³/mol. The summed E-state index contributed by atoms with van der Waals surface area (Å²) in [7, 11) is 0. The van der Waals surface area contributed by atoms with Gasteiger partial charge in [0.25, 0.3) is 0 Å². The number of aldehydes is 1. The van der Waals surface area contributed by atoms with E-state index in [1.807, 2.05) is 0 Å². The molecule has 2 nitrogen and oxygen atoms in total. The van der Waals surface area contributed by atoms with Crippen molar-refractivity contribution in [3.63, 3.8) is 0 Å². The van der Waals surface area contributed by atoms with Gasteiger partial charge in [0.2, 0.25) is 0 Å². The summed E-state index contributed by atoms with van der Waals surface area (Å²) in [5, 5.41) is 0. The van der Waals surface area contributed by atoms with Gasteiger partial charge in [-0.25, -0.2) is 0 Å². The molecule has 0 N–H and O–H groups in total. The second-order valence-corrected chi connectivity index (χ2v) is 3.70. The molecule has 1 aromatic rings. The van der Waals surface area contributed by atoms with Gasteiger partial charge in [-0.05, 0) is 18.6 Å². The van der Waals surface area contributed by atoms with Crippen LogP contribution in [0.15, 0.2) is 24.3 Å². The summed E-state index contributed by atoms with van der Waals surface area (Å²) in [6.07, 6.45) is 1.67. The molecular formula is C12H15NO. The molecule has 0 amide bonds. The maximum absolute atomic E-state index is 10.5. The molecule has 1 aromatic carbocycles. The fraction of sp³-hybridized carbons (Fsp3) is 0.417. The number of anilines is 1. The largest absolute Gasteiger partial charge is 0.371 e. The summed E-state index contributed by atoms with van der Waals surface area (Å²) in [6.45, 7) is 4.17. The first-order valence-electron chi connectivity index (χ1n) is 5.14. The molecule has 0 spiro atoms. The lowest BCUT2D eigenvalue weighted by Crippen LogP contribution is -2.21. The molecule has 1 aliphatic rings. The van der Waals surface area contributed by atoms with Crippen LogP contribution >= 0.6 is 0 Å². The number of rotatable bonds is 3. The summed E-state index contributed by atoms with van der Waals surface area (Å²) < 4.78 is 0. The summed E-state index contributed by atoms with van der Waals surface area (Å²) in [5.41, 5.74) is 2.64. The van der Waals surface area contributed by atoms with Crippen LogP contribution in [-0.4, -0.2) is 19.4 Å². The van der Waals surface area contributed by atoms with Crippen molar-refractivity contribution in [2.45, 2.75) is 19.3 Å². The van der Waals surface area contributed by atoms with Crippen molar-refractivity contribution in [1.82, 2.24) is 0 Å². The second-order valence-electron chi connectivity index (χ2n) is 3.70. The molecule has 0 bridgehead atoms. The van der Waals surface area contributed by atoms with Gasteiger partial charge >= 0.3 is 0 Å². The molecule has 0 fully saturated rings. The minimum Gasteiger partial charge on any atom is -0.371 e. The van der Waals surface area contributed by atoms with Gasteiger partial charge in [-0.1, -0.05) is 18.2 Å². The Bertz CT molecular complexity index is 335. The van der Waals surface area contributed by atoms with Crippen LogP contribution < -0.4 is 4.90 Å². The number of fused-ring (bicyclic) bond motifs is 1. The minimum absolute atomic E-state index is 0.406. The number of nitrogens with zero attached hydrogens (tertiary/aromatic N) is 1. The van der Waals surface area contributed by atoms with Crippen LogP contribution in [0.2, 0.25) is 0 Å². The van der Waals surface area contributed by atoms with Crippen LogP contribution in [0, 0.1) is 0 Å². The topological polar surface area (TPSA) is 20.3 Å². The predicted octanol–water partition coefficient (Wildman–Crippen LogP) is 2.20. The Kier molecular flexibility index (Phi) is 2.53. The lowest BCUT2D eigenvalue weighted by atomic mass is 9.99. The Balaban J connectivity index is 2.33. The zero-order chi connectivity index (χ0) is 9.97. The Morgan fingerprint density at radius 2 is 2.29 bits per heavy atom. The van der Waals surface area contributed by atoms with E-state index in [0.717, 1.165) is 19.4 Å². The van der Waals surface area contributed by atoms with E-state index in [2.05, 4.69) is 36.1 Å². The first-order valence-corrected chi connectivity index (χ1v) is 5.14. The smallest absolute Gasteiger partial charge is 0.120 e. The van der Waals surface area contributed by atoms with Gasteiger partial charge in [0.05, 0.1) is 0 Å². The van der Waals surface area contributed by atoms with Crippen molar-refractivity contribution in [3.05, 3.63) is 29.8 Å². The summed E-state index contributed by atoms with van der Waals surface area (Å²) in [4.78, 5) is 12.9. The van der Waals surface area contributed by atoms with E-state index in [-0.39, 0.29) is 0 Å². The molecule has 1 unspecified atom stereocenters. The maximum atomic E-state index is 10.5.